The van der Waals surface area contributed by atoms with Gasteiger partial charge in [-0.3, -0.25) is 9.59 Å². The fourth-order valence-corrected chi connectivity index (χ4v) is 4.42. The van der Waals surface area contributed by atoms with Gasteiger partial charge in [0.05, 0.1) is 30.0 Å². The molecule has 3 unspecified atom stereocenters. The number of hydrogen-bond donors (Lipinski definition) is 2. The molecule has 205 valence electrons. The van der Waals surface area contributed by atoms with Gasteiger partial charge in [0.15, 0.2) is 5.13 Å². The van der Waals surface area contributed by atoms with E-state index < -0.39 is 0 Å². The summed E-state index contributed by atoms with van der Waals surface area (Å²) in [5.74, 6) is 0.189. The number of nitrogens with zero attached hydrogens (tertiary/aromatic N) is 2. The number of hydrogen-bond acceptors (Lipinski definition) is 5. The predicted octanol–water partition coefficient (Wildman–Crippen LogP) is 6.43. The zero-order valence-corrected chi connectivity index (χ0v) is 24.6. The summed E-state index contributed by atoms with van der Waals surface area (Å²) in [6.07, 6.45) is 7.89. The van der Waals surface area contributed by atoms with Crippen LogP contribution in [0.1, 0.15) is 69.8 Å². The van der Waals surface area contributed by atoms with E-state index in [2.05, 4.69) is 50.2 Å². The predicted molar refractivity (Wildman–Crippen MR) is 159 cm³/mol. The van der Waals surface area contributed by atoms with E-state index >= 15 is 0 Å². The molecule has 2 heterocycles. The van der Waals surface area contributed by atoms with Crippen LogP contribution in [0, 0.1) is 12.8 Å². The number of ether oxygens (including phenoxy) is 1. The van der Waals surface area contributed by atoms with Crippen molar-refractivity contribution in [1.82, 2.24) is 14.8 Å². The van der Waals surface area contributed by atoms with Gasteiger partial charge in [-0.25, -0.2) is 4.98 Å². The number of carbonyl (C=O) groups excluding carboxylic acids is 2. The molecule has 0 fully saturated rings. The van der Waals surface area contributed by atoms with Gasteiger partial charge in [-0.1, -0.05) is 57.8 Å². The minimum absolute atomic E-state index is 0.112. The van der Waals surface area contributed by atoms with Gasteiger partial charge in [0.1, 0.15) is 0 Å². The molecule has 1 aromatic carbocycles. The van der Waals surface area contributed by atoms with Crippen molar-refractivity contribution in [2.24, 2.45) is 5.92 Å². The van der Waals surface area contributed by atoms with Gasteiger partial charge >= 0.3 is 0 Å². The Hall–Kier alpha value is -2.91. The van der Waals surface area contributed by atoms with Gasteiger partial charge in [0.25, 0.3) is 5.91 Å². The zero-order chi connectivity index (χ0) is 28.1. The number of nitrogens with one attached hydrogen (secondary N) is 2. The van der Waals surface area contributed by atoms with Crippen molar-refractivity contribution in [3.05, 3.63) is 59.2 Å². The first kappa shape index (κ1) is 31.3. The Kier molecular flexibility index (Phi) is 13.3. The van der Waals surface area contributed by atoms with E-state index in [9.17, 15) is 9.59 Å². The molecule has 3 atom stereocenters. The molecule has 0 aliphatic carbocycles. The molecular formula is C29H42BN4O3S. The second-order valence-corrected chi connectivity index (χ2v) is 10.5. The Bertz CT molecular complexity index is 1130. The summed E-state index contributed by atoms with van der Waals surface area (Å²) in [6.45, 7) is 14.8. The minimum atomic E-state index is -0.315. The molecule has 2 aromatic heterocycles. The van der Waals surface area contributed by atoms with Crippen LogP contribution in [-0.4, -0.2) is 47.4 Å². The molecule has 38 heavy (non-hydrogen) atoms. The van der Waals surface area contributed by atoms with Crippen LogP contribution in [0.25, 0.3) is 11.3 Å². The minimum Gasteiger partial charge on any atom is -0.402 e. The summed E-state index contributed by atoms with van der Waals surface area (Å²) in [7, 11) is 1.83. The molecule has 2 amide bonds. The second kappa shape index (κ2) is 16.1. The monoisotopic (exact) mass is 537 g/mol. The number of aromatic nitrogens is 2. The molecule has 0 bridgehead atoms. The van der Waals surface area contributed by atoms with E-state index in [-0.39, 0.29) is 18.4 Å². The lowest BCUT2D eigenvalue weighted by Gasteiger charge is -2.20. The quantitative estimate of drug-likeness (QED) is 0.261. The van der Waals surface area contributed by atoms with Crippen LogP contribution >= 0.6 is 11.3 Å². The van der Waals surface area contributed by atoms with Crippen LogP contribution in [0.2, 0.25) is 6.82 Å². The molecule has 3 rings (SSSR count). The number of anilines is 1. The fourth-order valence-electron chi connectivity index (χ4n) is 3.68. The smallest absolute Gasteiger partial charge is 0.253 e. The standard InChI is InChI=1S/C18H18BN4O2S.C11H24O/c1-12-4-3-5-13(8-12)15-11-26-18(21-15)22-16(24)9-20-17(25)14-6-7-23(10-14)19-2;1-6-9(3)8-11(5)12-10(4)7-2/h3-8,10-11H,9H2,1-2H3,(H,20,25)(H,21,22,24);9-11H,6-8H2,1-5H3. The molecule has 7 nitrogen and oxygen atoms in total. The largest absolute Gasteiger partial charge is 0.402 e. The summed E-state index contributed by atoms with van der Waals surface area (Å²) in [5.41, 5.74) is 3.48. The Morgan fingerprint density at radius 1 is 1.13 bits per heavy atom. The van der Waals surface area contributed by atoms with Crippen molar-refractivity contribution in [2.75, 3.05) is 11.9 Å². The first-order valence-corrected chi connectivity index (χ1v) is 14.3. The molecule has 0 saturated heterocycles. The summed E-state index contributed by atoms with van der Waals surface area (Å²) >= 11 is 1.35. The lowest BCUT2D eigenvalue weighted by atomic mass is 10.0. The van der Waals surface area contributed by atoms with E-state index in [1.807, 2.05) is 50.8 Å². The highest BCUT2D eigenvalue weighted by atomic mass is 32.1. The van der Waals surface area contributed by atoms with E-state index in [1.54, 1.807) is 22.9 Å². The highest BCUT2D eigenvalue weighted by Crippen LogP contribution is 2.25. The molecule has 1 radical (unpaired) electrons. The van der Waals surface area contributed by atoms with Crippen LogP contribution in [0.5, 0.6) is 0 Å². The highest BCUT2D eigenvalue weighted by Gasteiger charge is 2.12. The summed E-state index contributed by atoms with van der Waals surface area (Å²) in [6, 6.07) is 9.71. The Labute approximate surface area is 232 Å². The maximum Gasteiger partial charge on any atom is 0.253 e. The van der Waals surface area contributed by atoms with Crippen molar-refractivity contribution in [2.45, 2.75) is 79.8 Å². The van der Waals surface area contributed by atoms with Crippen molar-refractivity contribution in [3.8, 4) is 11.3 Å². The molecule has 0 aliphatic rings. The molecule has 0 aliphatic heterocycles. The van der Waals surface area contributed by atoms with E-state index in [0.29, 0.717) is 22.9 Å². The van der Waals surface area contributed by atoms with Crippen molar-refractivity contribution in [3.63, 3.8) is 0 Å². The zero-order valence-electron chi connectivity index (χ0n) is 23.8. The first-order valence-electron chi connectivity index (χ1n) is 13.4. The third kappa shape index (κ3) is 10.8. The Balaban J connectivity index is 0.000000358. The lowest BCUT2D eigenvalue weighted by molar-refractivity contribution is -0.115. The third-order valence-electron chi connectivity index (χ3n) is 6.22. The Morgan fingerprint density at radius 3 is 2.53 bits per heavy atom. The number of rotatable bonds is 12. The van der Waals surface area contributed by atoms with Gasteiger partial charge in [-0.05, 0) is 57.9 Å². The van der Waals surface area contributed by atoms with Crippen molar-refractivity contribution < 1.29 is 14.3 Å². The SMILES string of the molecule is CCC(C)CC(C)OC(C)CC.C[B]n1ccc(C(=O)NCC(=O)Nc2nc(-c3cccc(C)c3)cs2)c1. The summed E-state index contributed by atoms with van der Waals surface area (Å²) in [4.78, 5) is 28.5. The summed E-state index contributed by atoms with van der Waals surface area (Å²) < 4.78 is 7.55. The maximum absolute atomic E-state index is 12.0. The topological polar surface area (TPSA) is 85.2 Å². The molecule has 0 saturated carbocycles. The van der Waals surface area contributed by atoms with E-state index in [0.717, 1.165) is 29.2 Å². The van der Waals surface area contributed by atoms with Gasteiger partial charge in [0, 0.05) is 17.1 Å². The average molecular weight is 538 g/mol. The van der Waals surface area contributed by atoms with Gasteiger partial charge < -0.3 is 19.8 Å². The first-order chi connectivity index (χ1) is 18.1. The number of benzene rings is 1. The normalized spacial score (nSPS) is 13.0. The van der Waals surface area contributed by atoms with E-state index in [4.69, 9.17) is 4.74 Å². The van der Waals surface area contributed by atoms with Crippen LogP contribution in [0.15, 0.2) is 48.1 Å². The average Bonchev–Trinajstić information content (AvgIpc) is 3.57. The highest BCUT2D eigenvalue weighted by molar-refractivity contribution is 7.14. The van der Waals surface area contributed by atoms with Crippen LogP contribution in [-0.2, 0) is 9.53 Å². The maximum atomic E-state index is 12.0. The summed E-state index contributed by atoms with van der Waals surface area (Å²) in [5, 5.41) is 7.72. The van der Waals surface area contributed by atoms with Crippen LogP contribution in [0.4, 0.5) is 5.13 Å². The van der Waals surface area contributed by atoms with Crippen molar-refractivity contribution in [1.29, 1.82) is 0 Å². The molecule has 0 spiro atoms. The number of carbonyl (C=O) groups is 2. The van der Waals surface area contributed by atoms with Crippen molar-refractivity contribution >= 4 is 35.7 Å². The fraction of sp³-hybridized carbons (Fsp3) is 0.483. The number of aryl methyl sites for hydroxylation is 1. The Morgan fingerprint density at radius 2 is 1.89 bits per heavy atom. The third-order valence-corrected chi connectivity index (χ3v) is 6.98. The van der Waals surface area contributed by atoms with Crippen LogP contribution < -0.4 is 10.6 Å². The molecule has 3 aromatic rings. The lowest BCUT2D eigenvalue weighted by Crippen LogP contribution is -2.32. The molecular weight excluding hydrogens is 495 g/mol. The van der Waals surface area contributed by atoms with Gasteiger partial charge in [-0.15, -0.1) is 11.3 Å². The van der Waals surface area contributed by atoms with E-state index in [1.165, 1.54) is 24.2 Å². The van der Waals surface area contributed by atoms with Gasteiger partial charge in [-0.2, -0.15) is 0 Å². The van der Waals surface area contributed by atoms with Crippen LogP contribution in [0.3, 0.4) is 0 Å². The number of amides is 2. The molecule has 2 N–H and O–H groups in total. The van der Waals surface area contributed by atoms with Gasteiger partial charge in [0.2, 0.25) is 13.3 Å². The molecule has 9 heteroatoms. The number of thiazole rings is 1. The second-order valence-electron chi connectivity index (χ2n) is 9.66.